The minimum Gasteiger partial charge on any atom is -0.393 e. The van der Waals surface area contributed by atoms with Gasteiger partial charge in [-0.25, -0.2) is 4.98 Å². The molecule has 2 aliphatic rings. The first kappa shape index (κ1) is 18.7. The molecule has 3 atom stereocenters. The van der Waals surface area contributed by atoms with Gasteiger partial charge >= 0.3 is 0 Å². The zero-order valence-corrected chi connectivity index (χ0v) is 16.5. The molecule has 1 aliphatic heterocycles. The van der Waals surface area contributed by atoms with Crippen LogP contribution in [0, 0.1) is 18.3 Å². The summed E-state index contributed by atoms with van der Waals surface area (Å²) >= 11 is 12.4. The maximum atomic E-state index is 12.9. The molecule has 2 aromatic rings. The normalized spacial score (nSPS) is 27.2. The molecular weight excluding hydrogens is 387 g/mol. The minimum absolute atomic E-state index is 0.0971. The van der Waals surface area contributed by atoms with E-state index in [2.05, 4.69) is 9.88 Å². The molecule has 1 saturated carbocycles. The van der Waals surface area contributed by atoms with E-state index in [1.807, 2.05) is 0 Å². The number of nitrogens with zero attached hydrogens (tertiary/aromatic N) is 3. The number of aromatic nitrogens is 2. The van der Waals surface area contributed by atoms with Crippen molar-refractivity contribution in [1.82, 2.24) is 9.55 Å². The predicted octanol–water partition coefficient (Wildman–Crippen LogP) is 2.38. The van der Waals surface area contributed by atoms with E-state index in [0.717, 1.165) is 13.0 Å². The maximum absolute atomic E-state index is 12.9. The zero-order valence-electron chi connectivity index (χ0n) is 15.0. The van der Waals surface area contributed by atoms with Crippen molar-refractivity contribution in [1.29, 1.82) is 0 Å². The lowest BCUT2D eigenvalue weighted by Crippen LogP contribution is -2.36. The van der Waals surface area contributed by atoms with Crippen LogP contribution in [0.4, 0.5) is 5.82 Å². The minimum atomic E-state index is -0.284. The molecule has 2 heterocycles. The quantitative estimate of drug-likeness (QED) is 0.814. The lowest BCUT2D eigenvalue weighted by Gasteiger charge is -2.27. The van der Waals surface area contributed by atoms with Crippen molar-refractivity contribution >= 4 is 29.0 Å². The summed E-state index contributed by atoms with van der Waals surface area (Å²) in [5, 5.41) is 10.7. The second kappa shape index (κ2) is 6.78. The van der Waals surface area contributed by atoms with Crippen LogP contribution in [0.3, 0.4) is 0 Å². The summed E-state index contributed by atoms with van der Waals surface area (Å²) in [5.74, 6) is 1.51. The van der Waals surface area contributed by atoms with Gasteiger partial charge in [0.05, 0.1) is 21.8 Å². The summed E-state index contributed by atoms with van der Waals surface area (Å²) in [5.41, 5.74) is 6.27. The number of hydrogen-bond acceptors (Lipinski definition) is 5. The van der Waals surface area contributed by atoms with Crippen LogP contribution in [0.5, 0.6) is 0 Å². The SMILES string of the molecule is Cc1nc(N2CC3CC(O)C[C@]3(CN)C2)cc(=O)n1-c1cccc(Cl)c1Cl. The molecule has 6 nitrogen and oxygen atoms in total. The second-order valence-corrected chi connectivity index (χ2v) is 8.43. The molecule has 0 bridgehead atoms. The van der Waals surface area contributed by atoms with Crippen LogP contribution in [-0.4, -0.2) is 40.4 Å². The Bertz CT molecular complexity index is 948. The first-order chi connectivity index (χ1) is 12.8. The molecule has 4 rings (SSSR count). The Kier molecular flexibility index (Phi) is 4.71. The molecule has 27 heavy (non-hydrogen) atoms. The molecule has 0 radical (unpaired) electrons. The summed E-state index contributed by atoms with van der Waals surface area (Å²) in [4.78, 5) is 19.6. The Hall–Kier alpha value is -1.60. The molecule has 0 spiro atoms. The van der Waals surface area contributed by atoms with Crippen LogP contribution >= 0.6 is 23.2 Å². The third-order valence-electron chi connectivity index (χ3n) is 5.99. The van der Waals surface area contributed by atoms with Gasteiger partial charge in [-0.15, -0.1) is 0 Å². The van der Waals surface area contributed by atoms with Gasteiger partial charge in [0.25, 0.3) is 5.56 Å². The zero-order chi connectivity index (χ0) is 19.3. The van der Waals surface area contributed by atoms with E-state index >= 15 is 0 Å². The smallest absolute Gasteiger partial charge is 0.260 e. The van der Waals surface area contributed by atoms with E-state index in [9.17, 15) is 9.90 Å². The van der Waals surface area contributed by atoms with Gasteiger partial charge in [-0.2, -0.15) is 0 Å². The van der Waals surface area contributed by atoms with Crippen molar-refractivity contribution in [2.45, 2.75) is 25.9 Å². The van der Waals surface area contributed by atoms with Gasteiger partial charge in [0.15, 0.2) is 0 Å². The monoisotopic (exact) mass is 408 g/mol. The molecular formula is C19H22Cl2N4O2. The van der Waals surface area contributed by atoms with Crippen LogP contribution in [0.2, 0.25) is 10.0 Å². The highest BCUT2D eigenvalue weighted by atomic mass is 35.5. The Morgan fingerprint density at radius 2 is 2.19 bits per heavy atom. The third kappa shape index (κ3) is 3.05. The highest BCUT2D eigenvalue weighted by Gasteiger charge is 2.52. The summed E-state index contributed by atoms with van der Waals surface area (Å²) in [7, 11) is 0. The van der Waals surface area contributed by atoms with E-state index in [1.165, 1.54) is 10.6 Å². The average Bonchev–Trinajstić information content (AvgIpc) is 3.11. The van der Waals surface area contributed by atoms with E-state index < -0.39 is 0 Å². The number of nitrogens with two attached hydrogens (primary N) is 1. The number of anilines is 1. The van der Waals surface area contributed by atoms with Crippen LogP contribution in [0.25, 0.3) is 5.69 Å². The first-order valence-electron chi connectivity index (χ1n) is 9.03. The Balaban J connectivity index is 1.70. The van der Waals surface area contributed by atoms with Crippen molar-refractivity contribution < 1.29 is 5.11 Å². The highest BCUT2D eigenvalue weighted by molar-refractivity contribution is 6.43. The van der Waals surface area contributed by atoms with Crippen LogP contribution in [-0.2, 0) is 0 Å². The predicted molar refractivity (Wildman–Crippen MR) is 107 cm³/mol. The molecule has 1 aliphatic carbocycles. The van der Waals surface area contributed by atoms with Crippen LogP contribution in [0.1, 0.15) is 18.7 Å². The van der Waals surface area contributed by atoms with Gasteiger partial charge < -0.3 is 15.7 Å². The van der Waals surface area contributed by atoms with Crippen molar-refractivity contribution in [3.05, 3.63) is 50.5 Å². The van der Waals surface area contributed by atoms with E-state index in [1.54, 1.807) is 25.1 Å². The standard InChI is InChI=1S/C19H22Cl2N4O2/c1-11-23-16(24-8-12-5-13(26)7-19(12,9-22)10-24)6-17(27)25(11)15-4-2-3-14(20)18(15)21/h2-4,6,12-13,26H,5,7-10,22H2,1H3/t12?,13?,19-/m0/s1. The van der Waals surface area contributed by atoms with Gasteiger partial charge in [0.2, 0.25) is 0 Å². The molecule has 1 aromatic carbocycles. The maximum Gasteiger partial charge on any atom is 0.260 e. The summed E-state index contributed by atoms with van der Waals surface area (Å²) in [6.45, 7) is 3.77. The fourth-order valence-corrected chi connectivity index (χ4v) is 5.04. The Labute approximate surface area is 167 Å². The lowest BCUT2D eigenvalue weighted by molar-refractivity contribution is 0.163. The molecule has 1 aromatic heterocycles. The number of aliphatic hydroxyl groups excluding tert-OH is 1. The molecule has 0 amide bonds. The molecule has 3 N–H and O–H groups in total. The van der Waals surface area contributed by atoms with Gasteiger partial charge in [0.1, 0.15) is 11.6 Å². The fourth-order valence-electron chi connectivity index (χ4n) is 4.66. The number of fused-ring (bicyclic) bond motifs is 1. The molecule has 1 saturated heterocycles. The Morgan fingerprint density at radius 1 is 1.41 bits per heavy atom. The number of rotatable bonds is 3. The average molecular weight is 409 g/mol. The third-order valence-corrected chi connectivity index (χ3v) is 6.80. The van der Waals surface area contributed by atoms with E-state index in [-0.39, 0.29) is 17.1 Å². The van der Waals surface area contributed by atoms with E-state index in [0.29, 0.717) is 52.8 Å². The molecule has 2 unspecified atom stereocenters. The second-order valence-electron chi connectivity index (χ2n) is 7.65. The molecule has 8 heteroatoms. The van der Waals surface area contributed by atoms with Crippen molar-refractivity contribution in [3.63, 3.8) is 0 Å². The number of hydrogen-bond donors (Lipinski definition) is 2. The summed E-state index contributed by atoms with van der Waals surface area (Å²) in [6, 6.07) is 6.71. The van der Waals surface area contributed by atoms with Crippen molar-refractivity contribution in [2.24, 2.45) is 17.1 Å². The summed E-state index contributed by atoms with van der Waals surface area (Å²) in [6.07, 6.45) is 1.18. The van der Waals surface area contributed by atoms with Gasteiger partial charge in [-0.05, 0) is 37.8 Å². The van der Waals surface area contributed by atoms with Crippen molar-refractivity contribution in [3.8, 4) is 5.69 Å². The van der Waals surface area contributed by atoms with Gasteiger partial charge in [-0.3, -0.25) is 9.36 Å². The highest BCUT2D eigenvalue weighted by Crippen LogP contribution is 2.48. The van der Waals surface area contributed by atoms with Crippen LogP contribution in [0.15, 0.2) is 29.1 Å². The Morgan fingerprint density at radius 3 is 2.85 bits per heavy atom. The lowest BCUT2D eigenvalue weighted by atomic mass is 9.81. The van der Waals surface area contributed by atoms with Crippen LogP contribution < -0.4 is 16.2 Å². The first-order valence-corrected chi connectivity index (χ1v) is 9.78. The topological polar surface area (TPSA) is 84.4 Å². The number of benzene rings is 1. The van der Waals surface area contributed by atoms with Gasteiger partial charge in [0, 0.05) is 31.1 Å². The molecule has 2 fully saturated rings. The largest absolute Gasteiger partial charge is 0.393 e. The fraction of sp³-hybridized carbons (Fsp3) is 0.474. The van der Waals surface area contributed by atoms with Crippen molar-refractivity contribution in [2.75, 3.05) is 24.5 Å². The summed E-state index contributed by atoms with van der Waals surface area (Å²) < 4.78 is 1.47. The number of aryl methyl sites for hydroxylation is 1. The van der Waals surface area contributed by atoms with E-state index in [4.69, 9.17) is 28.9 Å². The van der Waals surface area contributed by atoms with Gasteiger partial charge in [-0.1, -0.05) is 29.3 Å². The number of aliphatic hydroxyl groups is 1. The molecule has 144 valence electrons. The number of halogens is 2.